The van der Waals surface area contributed by atoms with Crippen LogP contribution < -0.4 is 25.2 Å². The molecule has 0 unspecified atom stereocenters. The predicted molar refractivity (Wildman–Crippen MR) is 128 cm³/mol. The molecule has 0 fully saturated rings. The van der Waals surface area contributed by atoms with Gasteiger partial charge in [0.1, 0.15) is 24.7 Å². The molecular weight excluding hydrogens is 439 g/mol. The van der Waals surface area contributed by atoms with Crippen LogP contribution in [-0.2, 0) is 9.59 Å². The van der Waals surface area contributed by atoms with Crippen molar-refractivity contribution in [3.8, 4) is 5.75 Å². The van der Waals surface area contributed by atoms with E-state index in [0.29, 0.717) is 35.1 Å². The Morgan fingerprint density at radius 3 is 2.38 bits per heavy atom. The highest BCUT2D eigenvalue weighted by Crippen LogP contribution is 2.33. The molecule has 0 aliphatic carbocycles. The molecule has 1 heterocycles. The average molecular weight is 462 g/mol. The van der Waals surface area contributed by atoms with Crippen LogP contribution in [0.5, 0.6) is 5.75 Å². The molecule has 3 aromatic rings. The molecule has 0 saturated heterocycles. The van der Waals surface area contributed by atoms with E-state index < -0.39 is 23.7 Å². The second-order valence-electron chi connectivity index (χ2n) is 7.50. The Balaban J connectivity index is 1.49. The van der Waals surface area contributed by atoms with Crippen molar-refractivity contribution in [1.29, 1.82) is 0 Å². The highest BCUT2D eigenvalue weighted by Gasteiger charge is 2.33. The number of nitrogens with one attached hydrogen (secondary N) is 2. The van der Waals surface area contributed by atoms with E-state index in [1.807, 2.05) is 6.92 Å². The fourth-order valence-corrected chi connectivity index (χ4v) is 3.62. The number of carbonyl (C=O) groups is 3. The molecule has 1 aliphatic rings. The van der Waals surface area contributed by atoms with E-state index in [0.717, 1.165) is 0 Å². The van der Waals surface area contributed by atoms with Crippen molar-refractivity contribution in [3.05, 3.63) is 78.6 Å². The third-order valence-electron chi connectivity index (χ3n) is 5.13. The maximum atomic E-state index is 13.4. The second kappa shape index (κ2) is 10.0. The number of para-hydroxylation sites is 2. The topological polar surface area (TPSA) is 91.0 Å². The van der Waals surface area contributed by atoms with Gasteiger partial charge in [0.2, 0.25) is 11.8 Å². The van der Waals surface area contributed by atoms with Gasteiger partial charge in [-0.2, -0.15) is 0 Å². The number of carbonyl (C=O) groups excluding carboxylic acids is 3. The van der Waals surface area contributed by atoms with Crippen molar-refractivity contribution < 1.29 is 23.5 Å². The molecule has 0 aromatic heterocycles. The first-order valence-corrected chi connectivity index (χ1v) is 10.7. The second-order valence-corrected chi connectivity index (χ2v) is 7.50. The molecule has 3 aromatic carbocycles. The SMILES string of the molecule is CCOc1ccc(NC(=O)N2CC(=O)N(CC(=O)Nc3cccc(F)c3)c3ccccc32)cc1. The smallest absolute Gasteiger partial charge is 0.326 e. The Morgan fingerprint density at radius 1 is 0.941 bits per heavy atom. The molecule has 1 aliphatic heterocycles. The maximum absolute atomic E-state index is 13.4. The highest BCUT2D eigenvalue weighted by molar-refractivity contribution is 6.15. The van der Waals surface area contributed by atoms with Crippen LogP contribution in [0.2, 0.25) is 0 Å². The number of fused-ring (bicyclic) bond motifs is 1. The third-order valence-corrected chi connectivity index (χ3v) is 5.13. The molecule has 0 saturated carbocycles. The molecule has 9 heteroatoms. The lowest BCUT2D eigenvalue weighted by molar-refractivity contribution is -0.120. The first kappa shape index (κ1) is 22.8. The Morgan fingerprint density at radius 2 is 1.68 bits per heavy atom. The van der Waals surface area contributed by atoms with Crippen LogP contribution in [0, 0.1) is 5.82 Å². The number of hydrogen-bond donors (Lipinski definition) is 2. The van der Waals surface area contributed by atoms with Crippen molar-refractivity contribution >= 4 is 40.6 Å². The van der Waals surface area contributed by atoms with Gasteiger partial charge in [0, 0.05) is 11.4 Å². The van der Waals surface area contributed by atoms with Crippen LogP contribution in [0.15, 0.2) is 72.8 Å². The van der Waals surface area contributed by atoms with Crippen LogP contribution >= 0.6 is 0 Å². The van der Waals surface area contributed by atoms with Crippen molar-refractivity contribution in [1.82, 2.24) is 0 Å². The molecule has 2 N–H and O–H groups in total. The average Bonchev–Trinajstić information content (AvgIpc) is 2.82. The quantitative estimate of drug-likeness (QED) is 0.573. The predicted octanol–water partition coefficient (Wildman–Crippen LogP) is 4.25. The first-order chi connectivity index (χ1) is 16.4. The molecule has 0 spiro atoms. The number of hydrogen-bond acceptors (Lipinski definition) is 4. The van der Waals surface area contributed by atoms with Gasteiger partial charge in [-0.1, -0.05) is 18.2 Å². The fraction of sp³-hybridized carbons (Fsp3) is 0.160. The Bertz CT molecular complexity index is 1220. The van der Waals surface area contributed by atoms with Crippen LogP contribution in [-0.4, -0.2) is 37.5 Å². The summed E-state index contributed by atoms with van der Waals surface area (Å²) in [5.41, 5.74) is 1.76. The van der Waals surface area contributed by atoms with Gasteiger partial charge in [-0.25, -0.2) is 9.18 Å². The first-order valence-electron chi connectivity index (χ1n) is 10.7. The zero-order valence-corrected chi connectivity index (χ0v) is 18.5. The number of rotatable bonds is 6. The standard InChI is InChI=1S/C25H23FN4O4/c1-2-34-20-12-10-18(11-13-20)28-25(33)30-16-24(32)29(21-8-3-4-9-22(21)30)15-23(31)27-19-7-5-6-17(26)14-19/h3-14H,2,15-16H2,1H3,(H,27,31)(H,28,33). The zero-order valence-electron chi connectivity index (χ0n) is 18.5. The van der Waals surface area contributed by atoms with Gasteiger partial charge in [-0.3, -0.25) is 19.4 Å². The normalized spacial score (nSPS) is 12.7. The van der Waals surface area contributed by atoms with Gasteiger partial charge in [-0.05, 0) is 61.5 Å². The zero-order chi connectivity index (χ0) is 24.1. The molecule has 4 rings (SSSR count). The number of nitrogens with zero attached hydrogens (tertiary/aromatic N) is 2. The number of amides is 4. The lowest BCUT2D eigenvalue weighted by Gasteiger charge is -2.35. The van der Waals surface area contributed by atoms with Crippen LogP contribution in [0.1, 0.15) is 6.92 Å². The highest BCUT2D eigenvalue weighted by atomic mass is 19.1. The minimum absolute atomic E-state index is 0.243. The Hall–Kier alpha value is -4.40. The summed E-state index contributed by atoms with van der Waals surface area (Å²) >= 11 is 0. The van der Waals surface area contributed by atoms with Crippen molar-refractivity contribution in [2.75, 3.05) is 40.1 Å². The van der Waals surface area contributed by atoms with Gasteiger partial charge in [0.05, 0.1) is 18.0 Å². The van der Waals surface area contributed by atoms with E-state index in [4.69, 9.17) is 4.74 Å². The summed E-state index contributed by atoms with van der Waals surface area (Å²) in [5, 5.41) is 5.37. The van der Waals surface area contributed by atoms with E-state index in [-0.39, 0.29) is 13.1 Å². The molecule has 174 valence electrons. The summed E-state index contributed by atoms with van der Waals surface area (Å²) in [6.45, 7) is 1.90. The Kier molecular flexibility index (Phi) is 6.72. The maximum Gasteiger partial charge on any atom is 0.326 e. The number of benzene rings is 3. The summed E-state index contributed by atoms with van der Waals surface area (Å²) in [6.07, 6.45) is 0. The van der Waals surface area contributed by atoms with Crippen LogP contribution in [0.4, 0.5) is 31.9 Å². The van der Waals surface area contributed by atoms with E-state index in [9.17, 15) is 18.8 Å². The molecule has 0 atom stereocenters. The lowest BCUT2D eigenvalue weighted by atomic mass is 10.1. The monoisotopic (exact) mass is 462 g/mol. The summed E-state index contributed by atoms with van der Waals surface area (Å²) in [5.74, 6) is -0.700. The summed E-state index contributed by atoms with van der Waals surface area (Å²) in [6, 6.07) is 18.8. The van der Waals surface area contributed by atoms with Crippen LogP contribution in [0.25, 0.3) is 0 Å². The summed E-state index contributed by atoms with van der Waals surface area (Å²) < 4.78 is 18.8. The lowest BCUT2D eigenvalue weighted by Crippen LogP contribution is -2.51. The van der Waals surface area contributed by atoms with Crippen molar-refractivity contribution in [2.45, 2.75) is 6.92 Å². The van der Waals surface area contributed by atoms with Crippen molar-refractivity contribution in [2.24, 2.45) is 0 Å². The van der Waals surface area contributed by atoms with E-state index in [2.05, 4.69) is 10.6 Å². The fourth-order valence-electron chi connectivity index (χ4n) is 3.62. The third kappa shape index (κ3) is 5.15. The number of halogens is 1. The van der Waals surface area contributed by atoms with Gasteiger partial charge in [0.15, 0.2) is 0 Å². The molecule has 0 radical (unpaired) electrons. The van der Waals surface area contributed by atoms with Crippen LogP contribution in [0.3, 0.4) is 0 Å². The number of ether oxygens (including phenoxy) is 1. The molecule has 0 bridgehead atoms. The van der Waals surface area contributed by atoms with E-state index in [1.54, 1.807) is 54.6 Å². The molecule has 4 amide bonds. The van der Waals surface area contributed by atoms with Gasteiger partial charge in [-0.15, -0.1) is 0 Å². The Labute approximate surface area is 195 Å². The van der Waals surface area contributed by atoms with E-state index in [1.165, 1.54) is 28.0 Å². The largest absolute Gasteiger partial charge is 0.494 e. The van der Waals surface area contributed by atoms with Gasteiger partial charge < -0.3 is 15.4 Å². The van der Waals surface area contributed by atoms with Gasteiger partial charge in [0.25, 0.3) is 0 Å². The number of urea groups is 1. The minimum atomic E-state index is -0.485. The molecule has 34 heavy (non-hydrogen) atoms. The summed E-state index contributed by atoms with van der Waals surface area (Å²) in [4.78, 5) is 41.1. The summed E-state index contributed by atoms with van der Waals surface area (Å²) in [7, 11) is 0. The van der Waals surface area contributed by atoms with E-state index >= 15 is 0 Å². The molecular formula is C25H23FN4O4. The minimum Gasteiger partial charge on any atom is -0.494 e. The molecule has 8 nitrogen and oxygen atoms in total. The number of anilines is 4. The van der Waals surface area contributed by atoms with Crippen molar-refractivity contribution in [3.63, 3.8) is 0 Å². The van der Waals surface area contributed by atoms with Gasteiger partial charge >= 0.3 is 6.03 Å².